The van der Waals surface area contributed by atoms with E-state index >= 15 is 0 Å². The smallest absolute Gasteiger partial charge is 0.272 e. The Morgan fingerprint density at radius 2 is 2.40 bits per heavy atom. The molecule has 1 N–H and O–H groups in total. The lowest BCUT2D eigenvalue weighted by Crippen LogP contribution is -2.15. The van der Waals surface area contributed by atoms with Gasteiger partial charge in [0.05, 0.1) is 5.69 Å². The maximum absolute atomic E-state index is 11.8. The van der Waals surface area contributed by atoms with Crippen LogP contribution in [0.25, 0.3) is 5.65 Å². The fourth-order valence-corrected chi connectivity index (χ4v) is 1.90. The minimum Gasteiger partial charge on any atom is -0.297 e. The first-order chi connectivity index (χ1) is 7.29. The largest absolute Gasteiger partial charge is 0.297 e. The average molecular weight is 203 g/mol. The fourth-order valence-electron chi connectivity index (χ4n) is 1.90. The van der Waals surface area contributed by atoms with Crippen LogP contribution >= 0.6 is 0 Å². The normalized spacial score (nSPS) is 16.1. The maximum atomic E-state index is 11.8. The Labute approximate surface area is 86.9 Å². The first kappa shape index (κ1) is 8.71. The summed E-state index contributed by atoms with van der Waals surface area (Å²) in [7, 11) is 0. The van der Waals surface area contributed by atoms with E-state index in [1.807, 2.05) is 6.20 Å². The Hall–Kier alpha value is -1.58. The second kappa shape index (κ2) is 2.95. The van der Waals surface area contributed by atoms with Gasteiger partial charge < -0.3 is 0 Å². The highest BCUT2D eigenvalue weighted by Crippen LogP contribution is 2.38. The van der Waals surface area contributed by atoms with Gasteiger partial charge in [0.25, 0.3) is 5.56 Å². The third kappa shape index (κ3) is 1.28. The van der Waals surface area contributed by atoms with Crippen LogP contribution in [-0.4, -0.2) is 14.6 Å². The Bertz CT molecular complexity index is 563. The molecule has 0 amide bonds. The van der Waals surface area contributed by atoms with Gasteiger partial charge in [-0.25, -0.2) is 9.50 Å². The standard InChI is InChI=1S/C11H13N3O/c1-2-7-6-12-14-10(15)5-9(8-3-4-8)13-11(7)14/h5-6,8,12H,2-4H2,1H3. The number of fused-ring (bicyclic) bond motifs is 1. The summed E-state index contributed by atoms with van der Waals surface area (Å²) in [5.74, 6) is 0.530. The van der Waals surface area contributed by atoms with Crippen molar-refractivity contribution in [1.82, 2.24) is 14.6 Å². The lowest BCUT2D eigenvalue weighted by atomic mass is 10.2. The van der Waals surface area contributed by atoms with E-state index in [0.717, 1.165) is 23.3 Å². The lowest BCUT2D eigenvalue weighted by Gasteiger charge is -1.99. The Balaban J connectivity index is 2.30. The van der Waals surface area contributed by atoms with Crippen molar-refractivity contribution in [2.75, 3.05) is 0 Å². The zero-order chi connectivity index (χ0) is 10.4. The van der Waals surface area contributed by atoms with Crippen LogP contribution in [0.2, 0.25) is 0 Å². The molecule has 0 atom stereocenters. The number of aromatic nitrogens is 3. The van der Waals surface area contributed by atoms with Crippen LogP contribution in [0.1, 0.15) is 36.9 Å². The molecule has 0 aromatic carbocycles. The van der Waals surface area contributed by atoms with Gasteiger partial charge in [-0.3, -0.25) is 9.89 Å². The first-order valence-electron chi connectivity index (χ1n) is 5.39. The number of hydrogen-bond acceptors (Lipinski definition) is 2. The number of H-pyrrole nitrogens is 1. The van der Waals surface area contributed by atoms with Crippen molar-refractivity contribution in [1.29, 1.82) is 0 Å². The minimum absolute atomic E-state index is 0.00148. The summed E-state index contributed by atoms with van der Waals surface area (Å²) in [5.41, 5.74) is 2.87. The molecular formula is C11H13N3O. The Morgan fingerprint density at radius 1 is 1.60 bits per heavy atom. The minimum atomic E-state index is 0.00148. The quantitative estimate of drug-likeness (QED) is 0.803. The number of nitrogens with one attached hydrogen (secondary N) is 1. The van der Waals surface area contributed by atoms with Crippen molar-refractivity contribution >= 4 is 5.65 Å². The molecule has 0 saturated heterocycles. The highest BCUT2D eigenvalue weighted by atomic mass is 16.1. The van der Waals surface area contributed by atoms with Gasteiger partial charge in [0.15, 0.2) is 5.65 Å². The van der Waals surface area contributed by atoms with E-state index in [1.54, 1.807) is 6.07 Å². The van der Waals surface area contributed by atoms with E-state index in [0.29, 0.717) is 5.92 Å². The Kier molecular flexibility index (Phi) is 1.71. The molecule has 3 rings (SSSR count). The van der Waals surface area contributed by atoms with E-state index < -0.39 is 0 Å². The van der Waals surface area contributed by atoms with Crippen LogP contribution in [0.4, 0.5) is 0 Å². The summed E-state index contributed by atoms with van der Waals surface area (Å²) in [6.07, 6.45) is 5.11. The van der Waals surface area contributed by atoms with E-state index in [9.17, 15) is 4.79 Å². The summed E-state index contributed by atoms with van der Waals surface area (Å²) < 4.78 is 1.52. The highest BCUT2D eigenvalue weighted by Gasteiger charge is 2.26. The van der Waals surface area contributed by atoms with Crippen molar-refractivity contribution in [3.8, 4) is 0 Å². The van der Waals surface area contributed by atoms with E-state index in [1.165, 1.54) is 17.4 Å². The van der Waals surface area contributed by atoms with E-state index in [2.05, 4.69) is 17.0 Å². The molecule has 0 aliphatic heterocycles. The molecule has 78 valence electrons. The van der Waals surface area contributed by atoms with Crippen molar-refractivity contribution in [2.45, 2.75) is 32.1 Å². The van der Waals surface area contributed by atoms with E-state index in [-0.39, 0.29) is 5.56 Å². The van der Waals surface area contributed by atoms with Crippen LogP contribution in [0.5, 0.6) is 0 Å². The third-order valence-corrected chi connectivity index (χ3v) is 2.97. The van der Waals surface area contributed by atoms with Gasteiger partial charge in [0.1, 0.15) is 0 Å². The van der Waals surface area contributed by atoms with Gasteiger partial charge in [-0.2, -0.15) is 0 Å². The van der Waals surface area contributed by atoms with Gasteiger partial charge in [0, 0.05) is 23.7 Å². The zero-order valence-corrected chi connectivity index (χ0v) is 8.66. The van der Waals surface area contributed by atoms with Crippen LogP contribution in [-0.2, 0) is 6.42 Å². The van der Waals surface area contributed by atoms with Gasteiger partial charge >= 0.3 is 0 Å². The molecule has 0 spiro atoms. The van der Waals surface area contributed by atoms with Crippen molar-refractivity contribution < 1.29 is 0 Å². The molecule has 1 saturated carbocycles. The van der Waals surface area contributed by atoms with Crippen molar-refractivity contribution in [3.05, 3.63) is 33.9 Å². The summed E-state index contributed by atoms with van der Waals surface area (Å²) in [6, 6.07) is 1.65. The van der Waals surface area contributed by atoms with Gasteiger partial charge in [-0.05, 0) is 19.3 Å². The van der Waals surface area contributed by atoms with Gasteiger partial charge in [-0.1, -0.05) is 6.92 Å². The average Bonchev–Trinajstić information content (AvgIpc) is 2.99. The molecular weight excluding hydrogens is 190 g/mol. The summed E-state index contributed by atoms with van der Waals surface area (Å²) >= 11 is 0. The predicted molar refractivity (Wildman–Crippen MR) is 57.2 cm³/mol. The second-order valence-electron chi connectivity index (χ2n) is 4.10. The van der Waals surface area contributed by atoms with Crippen molar-refractivity contribution in [2.24, 2.45) is 0 Å². The molecule has 4 heteroatoms. The molecule has 2 heterocycles. The van der Waals surface area contributed by atoms with Crippen LogP contribution < -0.4 is 5.56 Å². The summed E-state index contributed by atoms with van der Waals surface area (Å²) in [5, 5.41) is 2.94. The van der Waals surface area contributed by atoms with Gasteiger partial charge in [0.2, 0.25) is 0 Å². The van der Waals surface area contributed by atoms with Crippen LogP contribution in [0, 0.1) is 0 Å². The zero-order valence-electron chi connectivity index (χ0n) is 8.66. The number of rotatable bonds is 2. The number of hydrogen-bond donors (Lipinski definition) is 1. The molecule has 1 fully saturated rings. The SMILES string of the molecule is CCc1c[nH]n2c(=O)cc(C3CC3)nc12. The lowest BCUT2D eigenvalue weighted by molar-refractivity contribution is 0.872. The fraction of sp³-hybridized carbons (Fsp3) is 0.455. The van der Waals surface area contributed by atoms with Crippen LogP contribution in [0.15, 0.2) is 17.1 Å². The topological polar surface area (TPSA) is 50.2 Å². The molecule has 0 bridgehead atoms. The molecule has 0 radical (unpaired) electrons. The molecule has 4 nitrogen and oxygen atoms in total. The molecule has 1 aliphatic carbocycles. The second-order valence-corrected chi connectivity index (χ2v) is 4.10. The predicted octanol–water partition coefficient (Wildman–Crippen LogP) is 1.46. The number of aryl methyl sites for hydroxylation is 1. The van der Waals surface area contributed by atoms with E-state index in [4.69, 9.17) is 0 Å². The maximum Gasteiger partial charge on any atom is 0.272 e. The Morgan fingerprint density at radius 3 is 3.07 bits per heavy atom. The van der Waals surface area contributed by atoms with Crippen LogP contribution in [0.3, 0.4) is 0 Å². The number of nitrogens with zero attached hydrogens (tertiary/aromatic N) is 2. The first-order valence-corrected chi connectivity index (χ1v) is 5.39. The molecule has 2 aromatic rings. The summed E-state index contributed by atoms with van der Waals surface area (Å²) in [4.78, 5) is 16.3. The molecule has 2 aromatic heterocycles. The highest BCUT2D eigenvalue weighted by molar-refractivity contribution is 5.47. The van der Waals surface area contributed by atoms with Crippen molar-refractivity contribution in [3.63, 3.8) is 0 Å². The molecule has 15 heavy (non-hydrogen) atoms. The molecule has 1 aliphatic rings. The summed E-state index contributed by atoms with van der Waals surface area (Å²) in [6.45, 7) is 2.07. The monoisotopic (exact) mass is 203 g/mol. The third-order valence-electron chi connectivity index (χ3n) is 2.97. The molecule has 0 unspecified atom stereocenters. The number of aromatic amines is 1. The van der Waals surface area contributed by atoms with Gasteiger partial charge in [-0.15, -0.1) is 0 Å².